The summed E-state index contributed by atoms with van der Waals surface area (Å²) in [6.07, 6.45) is 2.57. The third kappa shape index (κ3) is 4.18. The molecule has 0 aliphatic carbocycles. The Balaban J connectivity index is 3.93. The molecule has 74 valence electrons. The van der Waals surface area contributed by atoms with Crippen molar-refractivity contribution in [2.45, 2.75) is 45.8 Å². The summed E-state index contributed by atoms with van der Waals surface area (Å²) < 4.78 is 0. The number of thioether (sulfide) groups is 1. The van der Waals surface area contributed by atoms with Crippen molar-refractivity contribution in [2.75, 3.05) is 11.1 Å². The molecule has 12 heavy (non-hydrogen) atoms. The quantitative estimate of drug-likeness (QED) is 0.635. The zero-order valence-corrected chi connectivity index (χ0v) is 11.1. The van der Waals surface area contributed by atoms with Gasteiger partial charge in [0.2, 0.25) is 0 Å². The topological polar surface area (TPSA) is 0 Å². The van der Waals surface area contributed by atoms with E-state index in [1.165, 1.54) is 18.6 Å². The summed E-state index contributed by atoms with van der Waals surface area (Å²) >= 11 is 5.71. The van der Waals surface area contributed by atoms with Crippen LogP contribution in [0.5, 0.6) is 0 Å². The smallest absolute Gasteiger partial charge is 0.00956 e. The van der Waals surface area contributed by atoms with Gasteiger partial charge in [-0.2, -0.15) is 11.8 Å². The minimum absolute atomic E-state index is 0.537. The SMILES string of the molecule is CCC(CC)(CBr)CSC(C)C. The molecule has 2 heteroatoms. The van der Waals surface area contributed by atoms with Crippen LogP contribution in [0.15, 0.2) is 0 Å². The number of hydrogen-bond donors (Lipinski definition) is 0. The molecular formula is C10H21BrS. The minimum atomic E-state index is 0.537. The maximum Gasteiger partial charge on any atom is 0.00956 e. The second kappa shape index (κ2) is 6.31. The first kappa shape index (κ1) is 12.8. The summed E-state index contributed by atoms with van der Waals surface area (Å²) in [5.74, 6) is 1.29. The number of rotatable bonds is 6. The third-order valence-corrected chi connectivity index (χ3v) is 5.14. The van der Waals surface area contributed by atoms with E-state index in [1.807, 2.05) is 0 Å². The van der Waals surface area contributed by atoms with E-state index in [-0.39, 0.29) is 0 Å². The minimum Gasteiger partial charge on any atom is -0.159 e. The molecule has 0 rings (SSSR count). The van der Waals surface area contributed by atoms with Gasteiger partial charge in [-0.15, -0.1) is 0 Å². The Morgan fingerprint density at radius 1 is 1.25 bits per heavy atom. The van der Waals surface area contributed by atoms with Crippen molar-refractivity contribution in [3.05, 3.63) is 0 Å². The first-order chi connectivity index (χ1) is 5.60. The highest BCUT2D eigenvalue weighted by Gasteiger charge is 2.24. The lowest BCUT2D eigenvalue weighted by Crippen LogP contribution is -2.24. The van der Waals surface area contributed by atoms with Gasteiger partial charge in [0.15, 0.2) is 0 Å². The normalized spacial score (nSPS) is 12.5. The van der Waals surface area contributed by atoms with Crippen molar-refractivity contribution in [1.29, 1.82) is 0 Å². The van der Waals surface area contributed by atoms with E-state index in [4.69, 9.17) is 0 Å². The molecule has 0 fully saturated rings. The highest BCUT2D eigenvalue weighted by Crippen LogP contribution is 2.33. The van der Waals surface area contributed by atoms with E-state index in [1.54, 1.807) is 0 Å². The molecule has 0 saturated heterocycles. The van der Waals surface area contributed by atoms with E-state index >= 15 is 0 Å². The van der Waals surface area contributed by atoms with Crippen molar-refractivity contribution < 1.29 is 0 Å². The monoisotopic (exact) mass is 252 g/mol. The summed E-state index contributed by atoms with van der Waals surface area (Å²) in [6.45, 7) is 9.14. The second-order valence-corrected chi connectivity index (χ2v) is 5.83. The van der Waals surface area contributed by atoms with Gasteiger partial charge in [0, 0.05) is 5.33 Å². The van der Waals surface area contributed by atoms with Crippen molar-refractivity contribution >= 4 is 27.7 Å². The Hall–Kier alpha value is 0.830. The highest BCUT2D eigenvalue weighted by atomic mass is 79.9. The molecule has 0 aromatic carbocycles. The maximum absolute atomic E-state index is 3.63. The molecule has 0 heterocycles. The Kier molecular flexibility index (Phi) is 6.75. The lowest BCUT2D eigenvalue weighted by molar-refractivity contribution is 0.359. The van der Waals surface area contributed by atoms with Crippen LogP contribution in [-0.2, 0) is 0 Å². The Morgan fingerprint density at radius 2 is 1.75 bits per heavy atom. The molecule has 0 saturated carbocycles. The Bertz CT molecular complexity index is 100. The lowest BCUT2D eigenvalue weighted by atomic mass is 9.87. The van der Waals surface area contributed by atoms with E-state index in [0.717, 1.165) is 10.6 Å². The fourth-order valence-corrected chi connectivity index (χ4v) is 3.48. The van der Waals surface area contributed by atoms with Gasteiger partial charge in [0.1, 0.15) is 0 Å². The molecule has 0 nitrogen and oxygen atoms in total. The predicted octanol–water partition coefficient (Wildman–Crippen LogP) is 4.33. The Morgan fingerprint density at radius 3 is 2.00 bits per heavy atom. The molecule has 0 aliphatic rings. The van der Waals surface area contributed by atoms with E-state index < -0.39 is 0 Å². The number of halogens is 1. The second-order valence-electron chi connectivity index (χ2n) is 3.70. The van der Waals surface area contributed by atoms with Crippen molar-refractivity contribution in [1.82, 2.24) is 0 Å². The zero-order valence-electron chi connectivity index (χ0n) is 8.69. The average molecular weight is 253 g/mol. The third-order valence-electron chi connectivity index (χ3n) is 2.51. The molecule has 0 amide bonds. The first-order valence-electron chi connectivity index (χ1n) is 4.77. The van der Waals surface area contributed by atoms with Gasteiger partial charge in [-0.05, 0) is 29.3 Å². The molecule has 0 radical (unpaired) electrons. The van der Waals surface area contributed by atoms with Crippen LogP contribution < -0.4 is 0 Å². The standard InChI is InChI=1S/C10H21BrS/c1-5-10(6-2,7-11)8-12-9(3)4/h9H,5-8H2,1-4H3. The molecule has 0 aromatic rings. The van der Waals surface area contributed by atoms with Gasteiger partial charge < -0.3 is 0 Å². The fraction of sp³-hybridized carbons (Fsp3) is 1.00. The molecule has 0 unspecified atom stereocenters. The number of hydrogen-bond acceptors (Lipinski definition) is 1. The fourth-order valence-electron chi connectivity index (χ4n) is 1.03. The zero-order chi connectivity index (χ0) is 9.61. The van der Waals surface area contributed by atoms with Gasteiger partial charge in [-0.3, -0.25) is 0 Å². The van der Waals surface area contributed by atoms with Crippen LogP contribution in [0.4, 0.5) is 0 Å². The average Bonchev–Trinajstić information content (AvgIpc) is 2.08. The van der Waals surface area contributed by atoms with Gasteiger partial charge in [-0.25, -0.2) is 0 Å². The first-order valence-corrected chi connectivity index (χ1v) is 6.94. The predicted molar refractivity (Wildman–Crippen MR) is 64.4 cm³/mol. The summed E-state index contributed by atoms with van der Waals surface area (Å²) in [5.41, 5.74) is 0.537. The van der Waals surface area contributed by atoms with Gasteiger partial charge in [0.05, 0.1) is 0 Å². The van der Waals surface area contributed by atoms with Crippen molar-refractivity contribution in [3.63, 3.8) is 0 Å². The maximum atomic E-state index is 3.63. The molecule has 0 spiro atoms. The van der Waals surface area contributed by atoms with Crippen LogP contribution in [0.1, 0.15) is 40.5 Å². The van der Waals surface area contributed by atoms with E-state index in [9.17, 15) is 0 Å². The van der Waals surface area contributed by atoms with Crippen LogP contribution >= 0.6 is 27.7 Å². The van der Waals surface area contributed by atoms with Crippen LogP contribution in [0.3, 0.4) is 0 Å². The van der Waals surface area contributed by atoms with Gasteiger partial charge in [-0.1, -0.05) is 43.6 Å². The molecule has 0 N–H and O–H groups in total. The van der Waals surface area contributed by atoms with Gasteiger partial charge in [0.25, 0.3) is 0 Å². The molecule has 0 aromatic heterocycles. The van der Waals surface area contributed by atoms with Crippen LogP contribution in [-0.4, -0.2) is 16.3 Å². The molecule has 0 aliphatic heterocycles. The molecular weight excluding hydrogens is 232 g/mol. The summed E-state index contributed by atoms with van der Waals surface area (Å²) in [5, 5.41) is 1.91. The largest absolute Gasteiger partial charge is 0.159 e. The summed E-state index contributed by atoms with van der Waals surface area (Å²) in [4.78, 5) is 0. The summed E-state index contributed by atoms with van der Waals surface area (Å²) in [6, 6.07) is 0. The van der Waals surface area contributed by atoms with E-state index in [0.29, 0.717) is 5.41 Å². The van der Waals surface area contributed by atoms with Gasteiger partial charge >= 0.3 is 0 Å². The highest BCUT2D eigenvalue weighted by molar-refractivity contribution is 9.09. The molecule has 0 bridgehead atoms. The van der Waals surface area contributed by atoms with Crippen molar-refractivity contribution in [2.24, 2.45) is 5.41 Å². The molecule has 0 atom stereocenters. The van der Waals surface area contributed by atoms with E-state index in [2.05, 4.69) is 55.4 Å². The summed E-state index contributed by atoms with van der Waals surface area (Å²) in [7, 11) is 0. The number of alkyl halides is 1. The van der Waals surface area contributed by atoms with Crippen molar-refractivity contribution in [3.8, 4) is 0 Å². The Labute approximate surface area is 90.0 Å². The van der Waals surface area contributed by atoms with Crippen LogP contribution in [0, 0.1) is 5.41 Å². The lowest BCUT2D eigenvalue weighted by Gasteiger charge is -2.29. The van der Waals surface area contributed by atoms with Crippen LogP contribution in [0.25, 0.3) is 0 Å². The van der Waals surface area contributed by atoms with Crippen LogP contribution in [0.2, 0.25) is 0 Å².